The van der Waals surface area contributed by atoms with E-state index in [0.29, 0.717) is 0 Å². The zero-order valence-corrected chi connectivity index (χ0v) is 31.7. The fourth-order valence-corrected chi connectivity index (χ4v) is 8.56. The number of nitrogens with zero attached hydrogens (tertiary/aromatic N) is 3. The Bertz CT molecular complexity index is 2760. The van der Waals surface area contributed by atoms with Gasteiger partial charge in [0.1, 0.15) is 11.2 Å². The minimum absolute atomic E-state index is 0.0271. The molecule has 0 unspecified atom stereocenters. The van der Waals surface area contributed by atoms with Crippen LogP contribution in [0.5, 0.6) is 0 Å². The van der Waals surface area contributed by atoms with Gasteiger partial charge in [0.05, 0.1) is 22.7 Å². The second-order valence-electron chi connectivity index (χ2n) is 16.9. The highest BCUT2D eigenvalue weighted by atomic mass is 16.3. The number of rotatable bonds is 3. The second-order valence-corrected chi connectivity index (χ2v) is 16.9. The molecule has 0 aliphatic carbocycles. The molecule has 8 aromatic rings. The molecule has 6 aromatic carbocycles. The van der Waals surface area contributed by atoms with Crippen LogP contribution in [0, 0.1) is 0 Å². The van der Waals surface area contributed by atoms with E-state index < -0.39 is 0 Å². The van der Waals surface area contributed by atoms with Crippen LogP contribution in [0.1, 0.15) is 52.7 Å². The van der Waals surface area contributed by atoms with Gasteiger partial charge in [-0.1, -0.05) is 108 Å². The first-order valence-corrected chi connectivity index (χ1v) is 19.0. The van der Waals surface area contributed by atoms with E-state index in [1.165, 1.54) is 61.5 Å². The fraction of sp³-hybridized carbons (Fsp3) is 0.163. The Labute approximate surface area is 317 Å². The largest absolute Gasteiger partial charge is 0.456 e. The van der Waals surface area contributed by atoms with Crippen LogP contribution in [-0.4, -0.2) is 11.8 Å². The van der Waals surface area contributed by atoms with Crippen molar-refractivity contribution in [3.63, 3.8) is 0 Å². The Hall–Kier alpha value is -6.07. The van der Waals surface area contributed by atoms with Crippen molar-refractivity contribution in [2.75, 3.05) is 9.71 Å². The highest BCUT2D eigenvalue weighted by Crippen LogP contribution is 2.58. The van der Waals surface area contributed by atoms with Crippen LogP contribution < -0.4 is 20.6 Å². The van der Waals surface area contributed by atoms with Gasteiger partial charge in [0.15, 0.2) is 0 Å². The van der Waals surface area contributed by atoms with Crippen molar-refractivity contribution in [1.29, 1.82) is 0 Å². The third-order valence-corrected chi connectivity index (χ3v) is 11.4. The van der Waals surface area contributed by atoms with E-state index in [-0.39, 0.29) is 17.7 Å². The topological polar surface area (TPSA) is 32.5 Å². The summed E-state index contributed by atoms with van der Waals surface area (Å²) in [5.74, 6) is 0. The molecular weight excluding hydrogens is 657 g/mol. The first-order chi connectivity index (χ1) is 26.0. The van der Waals surface area contributed by atoms with Crippen LogP contribution in [0.3, 0.4) is 0 Å². The Morgan fingerprint density at radius 3 is 2.04 bits per heavy atom. The summed E-state index contributed by atoms with van der Waals surface area (Å²) in [6.45, 7) is 13.8. The fourth-order valence-electron chi connectivity index (χ4n) is 8.56. The zero-order chi connectivity index (χ0) is 36.9. The summed E-state index contributed by atoms with van der Waals surface area (Å²) in [4.78, 5) is 9.47. The first kappa shape index (κ1) is 32.6. The second kappa shape index (κ2) is 11.7. The average Bonchev–Trinajstić information content (AvgIpc) is 3.55. The molecule has 2 aliphatic heterocycles. The standard InChI is InChI=1S/C49H42BN3O/c1-48(2,3)33-17-20-42-43(28-33)52(36-12-8-7-9-13-36)44-29-34(49(4,5)6)27-40-38-26-32(31-22-24-51-25-23-31)16-19-41(38)50(53(42)47(40)44)35-18-21-46-39(30-35)37-14-10-11-15-45(37)54-46/h7-30H,1-6H3. The quantitative estimate of drug-likeness (QED) is 0.172. The molecular formula is C49H42BN3O. The number of hydrogen-bond acceptors (Lipinski definition) is 4. The number of anilines is 5. The van der Waals surface area contributed by atoms with Crippen molar-refractivity contribution in [3.8, 4) is 22.3 Å². The Morgan fingerprint density at radius 2 is 1.26 bits per heavy atom. The number of furan rings is 1. The lowest BCUT2D eigenvalue weighted by Gasteiger charge is -2.48. The van der Waals surface area contributed by atoms with Crippen LogP contribution in [0.25, 0.3) is 44.2 Å². The van der Waals surface area contributed by atoms with Gasteiger partial charge in [-0.25, -0.2) is 0 Å². The summed E-state index contributed by atoms with van der Waals surface area (Å²) in [6, 6.07) is 49.4. The van der Waals surface area contributed by atoms with Crippen molar-refractivity contribution in [1.82, 2.24) is 4.98 Å². The summed E-state index contributed by atoms with van der Waals surface area (Å²) in [6.07, 6.45) is 3.76. The minimum Gasteiger partial charge on any atom is -0.456 e. The molecule has 0 spiro atoms. The number of aromatic nitrogens is 1. The van der Waals surface area contributed by atoms with Crippen LogP contribution in [0.4, 0.5) is 28.4 Å². The molecule has 2 aliphatic rings. The molecule has 0 atom stereocenters. The van der Waals surface area contributed by atoms with E-state index in [9.17, 15) is 0 Å². The molecule has 0 N–H and O–H groups in total. The smallest absolute Gasteiger partial charge is 0.328 e. The maximum absolute atomic E-state index is 6.35. The molecule has 54 heavy (non-hydrogen) atoms. The van der Waals surface area contributed by atoms with Crippen LogP contribution in [0.2, 0.25) is 0 Å². The number of para-hydroxylation sites is 2. The molecule has 5 heteroatoms. The highest BCUT2D eigenvalue weighted by molar-refractivity contribution is 6.91. The van der Waals surface area contributed by atoms with E-state index in [2.05, 4.69) is 184 Å². The minimum atomic E-state index is -0.103. The first-order valence-electron chi connectivity index (χ1n) is 19.0. The summed E-state index contributed by atoms with van der Waals surface area (Å²) >= 11 is 0. The molecule has 0 fully saturated rings. The summed E-state index contributed by atoms with van der Waals surface area (Å²) < 4.78 is 6.35. The summed E-state index contributed by atoms with van der Waals surface area (Å²) in [5, 5.41) is 2.27. The normalized spacial score (nSPS) is 13.6. The molecule has 0 amide bonds. The summed E-state index contributed by atoms with van der Waals surface area (Å²) in [5.41, 5.74) is 17.6. The number of hydrogen-bond donors (Lipinski definition) is 0. The molecule has 4 nitrogen and oxygen atoms in total. The van der Waals surface area contributed by atoms with Gasteiger partial charge in [-0.3, -0.25) is 4.98 Å². The molecule has 0 saturated heterocycles. The van der Waals surface area contributed by atoms with Gasteiger partial charge in [0, 0.05) is 34.4 Å². The zero-order valence-electron chi connectivity index (χ0n) is 31.7. The number of pyridine rings is 1. The maximum atomic E-state index is 6.35. The van der Waals surface area contributed by atoms with Crippen LogP contribution in [0.15, 0.2) is 150 Å². The third-order valence-electron chi connectivity index (χ3n) is 11.4. The number of fused-ring (bicyclic) bond motifs is 7. The van der Waals surface area contributed by atoms with E-state index in [1.807, 2.05) is 18.5 Å². The number of benzene rings is 6. The van der Waals surface area contributed by atoms with Gasteiger partial charge < -0.3 is 14.1 Å². The van der Waals surface area contributed by atoms with Crippen molar-refractivity contribution in [2.45, 2.75) is 52.4 Å². The molecule has 4 heterocycles. The highest BCUT2D eigenvalue weighted by Gasteiger charge is 2.44. The lowest BCUT2D eigenvalue weighted by atomic mass is 9.45. The van der Waals surface area contributed by atoms with E-state index in [0.717, 1.165) is 33.2 Å². The predicted molar refractivity (Wildman–Crippen MR) is 228 cm³/mol. The van der Waals surface area contributed by atoms with Crippen molar-refractivity contribution < 1.29 is 4.42 Å². The van der Waals surface area contributed by atoms with E-state index in [4.69, 9.17) is 4.42 Å². The SMILES string of the molecule is CC(C)(C)c1ccc2c(c1)N(c1ccccc1)c1cc(C(C)(C)C)cc3c1N2B(c1ccc2oc4ccccc4c2c1)c1ccc(-c2ccncc2)cc1-3. The Morgan fingerprint density at radius 1 is 0.537 bits per heavy atom. The molecule has 262 valence electrons. The van der Waals surface area contributed by atoms with Gasteiger partial charge in [-0.2, -0.15) is 0 Å². The van der Waals surface area contributed by atoms with Crippen LogP contribution >= 0.6 is 0 Å². The maximum Gasteiger partial charge on any atom is 0.328 e. The van der Waals surface area contributed by atoms with E-state index >= 15 is 0 Å². The Balaban J connectivity index is 1.33. The van der Waals surface area contributed by atoms with Crippen LogP contribution in [-0.2, 0) is 10.8 Å². The Kier molecular flexibility index (Phi) is 7.07. The van der Waals surface area contributed by atoms with Gasteiger partial charge in [0.25, 0.3) is 0 Å². The van der Waals surface area contributed by atoms with Gasteiger partial charge in [0.2, 0.25) is 0 Å². The van der Waals surface area contributed by atoms with Crippen molar-refractivity contribution in [3.05, 3.63) is 157 Å². The van der Waals surface area contributed by atoms with Gasteiger partial charge in [-0.15, -0.1) is 0 Å². The van der Waals surface area contributed by atoms with E-state index in [1.54, 1.807) is 0 Å². The lowest BCUT2D eigenvalue weighted by molar-refractivity contribution is 0.590. The predicted octanol–water partition coefficient (Wildman–Crippen LogP) is 12.0. The molecule has 0 bridgehead atoms. The van der Waals surface area contributed by atoms with Crippen molar-refractivity contribution >= 4 is 68.1 Å². The molecule has 0 radical (unpaired) electrons. The monoisotopic (exact) mass is 699 g/mol. The molecule has 0 saturated carbocycles. The summed E-state index contributed by atoms with van der Waals surface area (Å²) in [7, 11) is 0. The third kappa shape index (κ3) is 5.02. The average molecular weight is 700 g/mol. The molecule has 2 aromatic heterocycles. The lowest BCUT2D eigenvalue weighted by Crippen LogP contribution is -2.58. The van der Waals surface area contributed by atoms with Gasteiger partial charge >= 0.3 is 6.85 Å². The van der Waals surface area contributed by atoms with Gasteiger partial charge in [-0.05, 0) is 116 Å². The molecule has 10 rings (SSSR count). The van der Waals surface area contributed by atoms with Crippen molar-refractivity contribution in [2.24, 2.45) is 0 Å².